The van der Waals surface area contributed by atoms with E-state index in [9.17, 15) is 9.18 Å². The van der Waals surface area contributed by atoms with E-state index < -0.39 is 0 Å². The van der Waals surface area contributed by atoms with Gasteiger partial charge in [-0.15, -0.1) is 0 Å². The Kier molecular flexibility index (Phi) is 4.72. The number of benzene rings is 1. The Morgan fingerprint density at radius 2 is 1.69 bits per heavy atom. The number of pyridine rings is 1. The number of aromatic nitrogens is 1. The van der Waals surface area contributed by atoms with Gasteiger partial charge in [-0.25, -0.2) is 4.39 Å². The fourth-order valence-corrected chi connectivity index (χ4v) is 4.33. The van der Waals surface area contributed by atoms with Gasteiger partial charge in [0.2, 0.25) is 5.91 Å². The Morgan fingerprint density at radius 1 is 0.962 bits per heavy atom. The third-order valence-corrected chi connectivity index (χ3v) is 5.70. The molecule has 0 N–H and O–H groups in total. The smallest absolute Gasteiger partial charge is 0.230 e. The summed E-state index contributed by atoms with van der Waals surface area (Å²) in [4.78, 5) is 21.7. The average molecular weight is 353 g/mol. The van der Waals surface area contributed by atoms with E-state index >= 15 is 0 Å². The molecule has 4 nitrogen and oxygen atoms in total. The first-order chi connectivity index (χ1) is 12.6. The van der Waals surface area contributed by atoms with Gasteiger partial charge in [0.25, 0.3) is 0 Å². The molecule has 5 heteroatoms. The van der Waals surface area contributed by atoms with Crippen molar-refractivity contribution in [2.75, 3.05) is 19.6 Å². The predicted octanol–water partition coefficient (Wildman–Crippen LogP) is 3.24. The SMILES string of the molecule is O=C1N(Cc2ccc(F)cc2)CCCC12CCN(Cc1ccncc1)C2. The molecule has 0 bridgehead atoms. The van der Waals surface area contributed by atoms with Gasteiger partial charge in [0.1, 0.15) is 5.82 Å². The Hall–Kier alpha value is -2.27. The molecule has 0 radical (unpaired) electrons. The second kappa shape index (κ2) is 7.16. The lowest BCUT2D eigenvalue weighted by atomic mass is 9.78. The quantitative estimate of drug-likeness (QED) is 0.847. The molecule has 0 aliphatic carbocycles. The van der Waals surface area contributed by atoms with E-state index in [4.69, 9.17) is 0 Å². The third-order valence-electron chi connectivity index (χ3n) is 5.70. The predicted molar refractivity (Wildman–Crippen MR) is 97.6 cm³/mol. The summed E-state index contributed by atoms with van der Waals surface area (Å²) in [6, 6.07) is 10.5. The third kappa shape index (κ3) is 3.49. The summed E-state index contributed by atoms with van der Waals surface area (Å²) < 4.78 is 13.1. The van der Waals surface area contributed by atoms with Crippen LogP contribution in [-0.2, 0) is 17.9 Å². The molecule has 1 spiro atoms. The summed E-state index contributed by atoms with van der Waals surface area (Å²) >= 11 is 0. The number of carbonyl (C=O) groups excluding carboxylic acids is 1. The minimum absolute atomic E-state index is 0.238. The van der Waals surface area contributed by atoms with Gasteiger partial charge >= 0.3 is 0 Å². The summed E-state index contributed by atoms with van der Waals surface area (Å²) in [6.07, 6.45) is 6.57. The fraction of sp³-hybridized carbons (Fsp3) is 0.429. The molecule has 1 amide bonds. The van der Waals surface area contributed by atoms with Crippen molar-refractivity contribution in [1.82, 2.24) is 14.8 Å². The number of hydrogen-bond acceptors (Lipinski definition) is 3. The molecule has 1 aromatic carbocycles. The van der Waals surface area contributed by atoms with Crippen molar-refractivity contribution in [1.29, 1.82) is 0 Å². The van der Waals surface area contributed by atoms with Gasteiger partial charge in [-0.3, -0.25) is 14.7 Å². The van der Waals surface area contributed by atoms with E-state index in [1.54, 1.807) is 12.1 Å². The van der Waals surface area contributed by atoms with Crippen molar-refractivity contribution in [2.45, 2.75) is 32.4 Å². The molecular formula is C21H24FN3O. The molecule has 2 aliphatic heterocycles. The van der Waals surface area contributed by atoms with E-state index in [0.29, 0.717) is 6.54 Å². The van der Waals surface area contributed by atoms with Crippen LogP contribution in [0.5, 0.6) is 0 Å². The van der Waals surface area contributed by atoms with Crippen LogP contribution in [0.15, 0.2) is 48.8 Å². The summed E-state index contributed by atoms with van der Waals surface area (Å²) in [5.41, 5.74) is 1.98. The van der Waals surface area contributed by atoms with Gasteiger partial charge in [-0.05, 0) is 61.2 Å². The van der Waals surface area contributed by atoms with E-state index in [0.717, 1.165) is 51.0 Å². The van der Waals surface area contributed by atoms with Crippen molar-refractivity contribution < 1.29 is 9.18 Å². The van der Waals surface area contributed by atoms with Crippen LogP contribution >= 0.6 is 0 Å². The number of halogens is 1. The van der Waals surface area contributed by atoms with Gasteiger partial charge in [0.15, 0.2) is 0 Å². The second-order valence-corrected chi connectivity index (χ2v) is 7.55. The number of carbonyl (C=O) groups is 1. The zero-order valence-electron chi connectivity index (χ0n) is 14.9. The first kappa shape index (κ1) is 17.2. The van der Waals surface area contributed by atoms with Gasteiger partial charge in [0.05, 0.1) is 5.41 Å². The monoisotopic (exact) mass is 353 g/mol. The number of amides is 1. The van der Waals surface area contributed by atoms with Crippen molar-refractivity contribution in [3.8, 4) is 0 Å². The van der Waals surface area contributed by atoms with Crippen LogP contribution in [0.1, 0.15) is 30.4 Å². The van der Waals surface area contributed by atoms with Crippen LogP contribution in [0.25, 0.3) is 0 Å². The summed E-state index contributed by atoms with van der Waals surface area (Å²) in [5.74, 6) is 0.0306. The molecule has 2 fully saturated rings. The Balaban J connectivity index is 1.43. The number of nitrogens with zero attached hydrogens (tertiary/aromatic N) is 3. The van der Waals surface area contributed by atoms with Crippen LogP contribution in [0, 0.1) is 11.2 Å². The maximum Gasteiger partial charge on any atom is 0.230 e. The highest BCUT2D eigenvalue weighted by Crippen LogP contribution is 2.40. The van der Waals surface area contributed by atoms with E-state index in [2.05, 4.69) is 9.88 Å². The molecule has 1 atom stereocenters. The first-order valence-electron chi connectivity index (χ1n) is 9.30. The summed E-state index contributed by atoms with van der Waals surface area (Å²) in [7, 11) is 0. The first-order valence-corrected chi connectivity index (χ1v) is 9.30. The second-order valence-electron chi connectivity index (χ2n) is 7.55. The van der Waals surface area contributed by atoms with Crippen LogP contribution in [0.4, 0.5) is 4.39 Å². The molecule has 2 saturated heterocycles. The Labute approximate surface area is 153 Å². The molecule has 4 rings (SSSR count). The molecule has 3 heterocycles. The molecule has 2 aromatic rings. The lowest BCUT2D eigenvalue weighted by molar-refractivity contribution is -0.146. The molecule has 1 aromatic heterocycles. The highest BCUT2D eigenvalue weighted by Gasteiger charge is 2.48. The summed E-state index contributed by atoms with van der Waals surface area (Å²) in [5, 5.41) is 0. The molecule has 2 aliphatic rings. The standard InChI is InChI=1S/C21H24FN3O/c22-19-4-2-17(3-5-19)15-25-12-1-8-21(20(25)26)9-13-24(16-21)14-18-6-10-23-11-7-18/h2-7,10-11H,1,8-9,12-16H2. The van der Waals surface area contributed by atoms with E-state index in [1.807, 2.05) is 29.4 Å². The highest BCUT2D eigenvalue weighted by atomic mass is 19.1. The normalized spacial score (nSPS) is 23.7. The van der Waals surface area contributed by atoms with Crippen molar-refractivity contribution in [2.24, 2.45) is 5.41 Å². The topological polar surface area (TPSA) is 36.4 Å². The molecule has 26 heavy (non-hydrogen) atoms. The van der Waals surface area contributed by atoms with Gasteiger partial charge in [0, 0.05) is 38.6 Å². The number of hydrogen-bond donors (Lipinski definition) is 0. The average Bonchev–Trinajstić information content (AvgIpc) is 3.05. The van der Waals surface area contributed by atoms with E-state index in [1.165, 1.54) is 17.7 Å². The molecule has 1 unspecified atom stereocenters. The highest BCUT2D eigenvalue weighted by molar-refractivity contribution is 5.84. The zero-order chi connectivity index (χ0) is 18.0. The van der Waals surface area contributed by atoms with Crippen LogP contribution in [0.3, 0.4) is 0 Å². The number of rotatable bonds is 4. The van der Waals surface area contributed by atoms with Crippen molar-refractivity contribution >= 4 is 5.91 Å². The van der Waals surface area contributed by atoms with Crippen molar-refractivity contribution in [3.63, 3.8) is 0 Å². The lowest BCUT2D eigenvalue weighted by Gasteiger charge is -2.39. The largest absolute Gasteiger partial charge is 0.338 e. The molecular weight excluding hydrogens is 329 g/mol. The van der Waals surface area contributed by atoms with Crippen LogP contribution in [0.2, 0.25) is 0 Å². The fourth-order valence-electron chi connectivity index (χ4n) is 4.33. The molecule has 0 saturated carbocycles. The molecule has 136 valence electrons. The number of piperidine rings is 1. The van der Waals surface area contributed by atoms with Gasteiger partial charge < -0.3 is 4.90 Å². The van der Waals surface area contributed by atoms with Gasteiger partial charge in [-0.2, -0.15) is 0 Å². The Bertz CT molecular complexity index is 765. The summed E-state index contributed by atoms with van der Waals surface area (Å²) in [6.45, 7) is 4.02. The van der Waals surface area contributed by atoms with Gasteiger partial charge in [-0.1, -0.05) is 12.1 Å². The zero-order valence-corrected chi connectivity index (χ0v) is 14.9. The van der Waals surface area contributed by atoms with Crippen LogP contribution < -0.4 is 0 Å². The maximum absolute atomic E-state index is 13.2. The van der Waals surface area contributed by atoms with E-state index in [-0.39, 0.29) is 17.1 Å². The maximum atomic E-state index is 13.2. The minimum Gasteiger partial charge on any atom is -0.338 e. The minimum atomic E-state index is -0.245. The lowest BCUT2D eigenvalue weighted by Crippen LogP contribution is -2.49. The Morgan fingerprint density at radius 3 is 2.46 bits per heavy atom. The van der Waals surface area contributed by atoms with Crippen molar-refractivity contribution in [3.05, 3.63) is 65.7 Å². The van der Waals surface area contributed by atoms with Crippen LogP contribution in [-0.4, -0.2) is 40.3 Å². The number of likely N-dealkylation sites (tertiary alicyclic amines) is 2.